The molecule has 2 aromatic heterocycles. The summed E-state index contributed by atoms with van der Waals surface area (Å²) in [7, 11) is 0. The van der Waals surface area contributed by atoms with E-state index in [1.165, 1.54) is 0 Å². The van der Waals surface area contributed by atoms with Crippen molar-refractivity contribution in [3.63, 3.8) is 0 Å². The van der Waals surface area contributed by atoms with Crippen LogP contribution in [0.3, 0.4) is 0 Å². The van der Waals surface area contributed by atoms with Crippen LogP contribution < -0.4 is 0 Å². The van der Waals surface area contributed by atoms with Crippen LogP contribution in [0.25, 0.3) is 0 Å². The minimum atomic E-state index is -0.662. The van der Waals surface area contributed by atoms with E-state index in [0.717, 1.165) is 23.5 Å². The fourth-order valence-corrected chi connectivity index (χ4v) is 1.62. The SMILES string of the molecule is CCn1nc(C)cc1C(O)c1cn[nH]c1. The van der Waals surface area contributed by atoms with E-state index in [4.69, 9.17) is 0 Å². The topological polar surface area (TPSA) is 66.7 Å². The summed E-state index contributed by atoms with van der Waals surface area (Å²) in [5.74, 6) is 0. The van der Waals surface area contributed by atoms with E-state index in [1.54, 1.807) is 17.1 Å². The standard InChI is InChI=1S/C10H14N4O/c1-3-14-9(4-7(2)13-14)10(15)8-5-11-12-6-8/h4-6,10,15H,3H2,1-2H3,(H,11,12). The highest BCUT2D eigenvalue weighted by Gasteiger charge is 2.16. The van der Waals surface area contributed by atoms with Gasteiger partial charge < -0.3 is 5.11 Å². The number of hydrogen-bond acceptors (Lipinski definition) is 3. The smallest absolute Gasteiger partial charge is 0.124 e. The summed E-state index contributed by atoms with van der Waals surface area (Å²) < 4.78 is 1.80. The minimum Gasteiger partial charge on any atom is -0.382 e. The third kappa shape index (κ3) is 1.78. The van der Waals surface area contributed by atoms with Crippen LogP contribution in [0.4, 0.5) is 0 Å². The molecular weight excluding hydrogens is 192 g/mol. The molecule has 0 bridgehead atoms. The van der Waals surface area contributed by atoms with Gasteiger partial charge in [0, 0.05) is 18.3 Å². The highest BCUT2D eigenvalue weighted by atomic mass is 16.3. The summed E-state index contributed by atoms with van der Waals surface area (Å²) in [5.41, 5.74) is 2.47. The van der Waals surface area contributed by atoms with Crippen LogP contribution in [0.15, 0.2) is 18.5 Å². The van der Waals surface area contributed by atoms with Crippen LogP contribution in [0, 0.1) is 6.92 Å². The fraction of sp³-hybridized carbons (Fsp3) is 0.400. The Morgan fingerprint density at radius 2 is 2.40 bits per heavy atom. The van der Waals surface area contributed by atoms with Gasteiger partial charge in [-0.05, 0) is 19.9 Å². The summed E-state index contributed by atoms with van der Waals surface area (Å²) in [6, 6.07) is 1.89. The Bertz CT molecular complexity index is 432. The zero-order chi connectivity index (χ0) is 10.8. The van der Waals surface area contributed by atoms with Gasteiger partial charge in [0.25, 0.3) is 0 Å². The Balaban J connectivity index is 2.36. The molecule has 0 aromatic carbocycles. The molecule has 15 heavy (non-hydrogen) atoms. The van der Waals surface area contributed by atoms with Crippen LogP contribution >= 0.6 is 0 Å². The van der Waals surface area contributed by atoms with Crippen molar-refractivity contribution in [3.05, 3.63) is 35.4 Å². The monoisotopic (exact) mass is 206 g/mol. The first-order valence-electron chi connectivity index (χ1n) is 4.93. The average Bonchev–Trinajstić information content (AvgIpc) is 2.84. The van der Waals surface area contributed by atoms with Crippen molar-refractivity contribution in [2.24, 2.45) is 0 Å². The Morgan fingerprint density at radius 3 is 3.00 bits per heavy atom. The lowest BCUT2D eigenvalue weighted by Gasteiger charge is -2.09. The van der Waals surface area contributed by atoms with Crippen molar-refractivity contribution >= 4 is 0 Å². The number of aryl methyl sites for hydroxylation is 2. The molecule has 0 aliphatic heterocycles. The number of aromatic nitrogens is 4. The summed E-state index contributed by atoms with van der Waals surface area (Å²) >= 11 is 0. The number of nitrogens with zero attached hydrogens (tertiary/aromatic N) is 3. The maximum absolute atomic E-state index is 10.1. The molecule has 0 saturated carbocycles. The number of H-pyrrole nitrogens is 1. The lowest BCUT2D eigenvalue weighted by Crippen LogP contribution is -2.08. The van der Waals surface area contributed by atoms with Gasteiger partial charge in [0.15, 0.2) is 0 Å². The third-order valence-corrected chi connectivity index (χ3v) is 2.35. The molecule has 2 N–H and O–H groups in total. The highest BCUT2D eigenvalue weighted by Crippen LogP contribution is 2.21. The van der Waals surface area contributed by atoms with Crippen molar-refractivity contribution in [2.75, 3.05) is 0 Å². The van der Waals surface area contributed by atoms with E-state index < -0.39 is 6.10 Å². The van der Waals surface area contributed by atoms with Crippen molar-refractivity contribution < 1.29 is 5.11 Å². The number of nitrogens with one attached hydrogen (secondary N) is 1. The first kappa shape index (κ1) is 9.92. The molecule has 0 spiro atoms. The Labute approximate surface area is 87.7 Å². The number of aromatic amines is 1. The average molecular weight is 206 g/mol. The summed E-state index contributed by atoms with van der Waals surface area (Å²) in [6.07, 6.45) is 2.64. The third-order valence-electron chi connectivity index (χ3n) is 2.35. The summed E-state index contributed by atoms with van der Waals surface area (Å²) in [4.78, 5) is 0. The van der Waals surface area contributed by atoms with Gasteiger partial charge in [-0.25, -0.2) is 0 Å². The second-order valence-electron chi connectivity index (χ2n) is 3.46. The van der Waals surface area contributed by atoms with Gasteiger partial charge in [-0.1, -0.05) is 0 Å². The van der Waals surface area contributed by atoms with Crippen molar-refractivity contribution in [1.29, 1.82) is 0 Å². The lowest BCUT2D eigenvalue weighted by atomic mass is 10.1. The van der Waals surface area contributed by atoms with E-state index in [9.17, 15) is 5.11 Å². The van der Waals surface area contributed by atoms with Crippen molar-refractivity contribution in [1.82, 2.24) is 20.0 Å². The van der Waals surface area contributed by atoms with Gasteiger partial charge in [-0.3, -0.25) is 9.78 Å². The predicted molar refractivity (Wildman–Crippen MR) is 55.3 cm³/mol. The van der Waals surface area contributed by atoms with Crippen molar-refractivity contribution in [2.45, 2.75) is 26.5 Å². The zero-order valence-corrected chi connectivity index (χ0v) is 8.81. The minimum absolute atomic E-state index is 0.662. The molecule has 2 heterocycles. The Morgan fingerprint density at radius 1 is 1.60 bits per heavy atom. The molecule has 0 fully saturated rings. The van der Waals surface area contributed by atoms with Crippen LogP contribution in [0.5, 0.6) is 0 Å². The number of aliphatic hydroxyl groups is 1. The highest BCUT2D eigenvalue weighted by molar-refractivity contribution is 5.22. The lowest BCUT2D eigenvalue weighted by molar-refractivity contribution is 0.208. The summed E-state index contributed by atoms with van der Waals surface area (Å²) in [5, 5.41) is 20.9. The molecular formula is C10H14N4O. The Hall–Kier alpha value is -1.62. The molecule has 0 aliphatic rings. The largest absolute Gasteiger partial charge is 0.382 e. The van der Waals surface area contributed by atoms with Crippen LogP contribution in [-0.2, 0) is 6.54 Å². The van der Waals surface area contributed by atoms with Gasteiger partial charge in [0.1, 0.15) is 6.10 Å². The van der Waals surface area contributed by atoms with Crippen molar-refractivity contribution in [3.8, 4) is 0 Å². The molecule has 2 rings (SSSR count). The second kappa shape index (κ2) is 3.86. The maximum Gasteiger partial charge on any atom is 0.124 e. The van der Waals surface area contributed by atoms with Gasteiger partial charge in [0.05, 0.1) is 17.6 Å². The van der Waals surface area contributed by atoms with E-state index in [-0.39, 0.29) is 0 Å². The molecule has 1 atom stereocenters. The van der Waals surface area contributed by atoms with Gasteiger partial charge in [-0.2, -0.15) is 10.2 Å². The number of rotatable bonds is 3. The van der Waals surface area contributed by atoms with E-state index in [0.29, 0.717) is 0 Å². The van der Waals surface area contributed by atoms with E-state index in [2.05, 4.69) is 15.3 Å². The second-order valence-corrected chi connectivity index (χ2v) is 3.46. The van der Waals surface area contributed by atoms with Gasteiger partial charge >= 0.3 is 0 Å². The quantitative estimate of drug-likeness (QED) is 0.787. The Kier molecular flexibility index (Phi) is 2.55. The normalized spacial score (nSPS) is 13.0. The predicted octanol–water partition coefficient (Wildman–Crippen LogP) is 1.02. The molecule has 1 unspecified atom stereocenters. The van der Waals surface area contributed by atoms with E-state index in [1.807, 2.05) is 19.9 Å². The molecule has 2 aromatic rings. The first-order valence-corrected chi connectivity index (χ1v) is 4.93. The molecule has 5 heteroatoms. The summed E-state index contributed by atoms with van der Waals surface area (Å²) in [6.45, 7) is 4.66. The number of aliphatic hydroxyl groups excluding tert-OH is 1. The molecule has 5 nitrogen and oxygen atoms in total. The molecule has 0 saturated heterocycles. The van der Waals surface area contributed by atoms with Crippen LogP contribution in [-0.4, -0.2) is 25.1 Å². The van der Waals surface area contributed by atoms with E-state index >= 15 is 0 Å². The maximum atomic E-state index is 10.1. The van der Waals surface area contributed by atoms with Crippen LogP contribution in [0.1, 0.15) is 30.0 Å². The number of hydrogen-bond donors (Lipinski definition) is 2. The van der Waals surface area contributed by atoms with Gasteiger partial charge in [0.2, 0.25) is 0 Å². The molecule has 0 amide bonds. The van der Waals surface area contributed by atoms with Gasteiger partial charge in [-0.15, -0.1) is 0 Å². The molecule has 80 valence electrons. The zero-order valence-electron chi connectivity index (χ0n) is 8.81. The first-order chi connectivity index (χ1) is 7.22. The molecule has 0 radical (unpaired) electrons. The van der Waals surface area contributed by atoms with Crippen LogP contribution in [0.2, 0.25) is 0 Å². The fourth-order valence-electron chi connectivity index (χ4n) is 1.62. The molecule has 0 aliphatic carbocycles.